The predicted octanol–water partition coefficient (Wildman–Crippen LogP) is 2.32. The van der Waals surface area contributed by atoms with Crippen LogP contribution in [-0.4, -0.2) is 41.6 Å². The molecule has 5 heteroatoms. The highest BCUT2D eigenvalue weighted by Crippen LogP contribution is 2.38. The second-order valence-electron chi connectivity index (χ2n) is 6.01. The molecule has 1 saturated carbocycles. The van der Waals surface area contributed by atoms with E-state index in [1.54, 1.807) is 18.9 Å². The molecule has 19 heavy (non-hydrogen) atoms. The summed E-state index contributed by atoms with van der Waals surface area (Å²) in [4.78, 5) is 25.1. The van der Waals surface area contributed by atoms with Crippen LogP contribution in [0.4, 0.5) is 4.79 Å². The summed E-state index contributed by atoms with van der Waals surface area (Å²) in [6.45, 7) is 6.61. The summed E-state index contributed by atoms with van der Waals surface area (Å²) in [6, 6.07) is -0.434. The Balaban J connectivity index is 2.59. The van der Waals surface area contributed by atoms with Crippen molar-refractivity contribution in [3.8, 4) is 0 Å². The van der Waals surface area contributed by atoms with E-state index < -0.39 is 11.4 Å². The Bertz CT molecular complexity index is 346. The van der Waals surface area contributed by atoms with Gasteiger partial charge in [-0.3, -0.25) is 4.79 Å². The average Bonchev–Trinajstić information content (AvgIpc) is 2.72. The number of amides is 2. The van der Waals surface area contributed by atoms with Gasteiger partial charge in [-0.15, -0.1) is 0 Å². The Morgan fingerprint density at radius 3 is 2.68 bits per heavy atom. The fourth-order valence-electron chi connectivity index (χ4n) is 2.59. The molecule has 0 spiro atoms. The molecule has 0 radical (unpaired) electrons. The number of rotatable bonds is 5. The Hall–Kier alpha value is -1.26. The lowest BCUT2D eigenvalue weighted by Gasteiger charge is -2.30. The number of aliphatic carboxylic acids is 1. The maximum Gasteiger partial charge on any atom is 0.317 e. The number of hydrogen-bond acceptors (Lipinski definition) is 2. The minimum atomic E-state index is -0.827. The van der Waals surface area contributed by atoms with E-state index in [0.717, 1.165) is 19.3 Å². The average molecular weight is 270 g/mol. The summed E-state index contributed by atoms with van der Waals surface area (Å²) in [5.74, 6) is -0.370. The Morgan fingerprint density at radius 1 is 1.53 bits per heavy atom. The predicted molar refractivity (Wildman–Crippen MR) is 74.0 cm³/mol. The zero-order valence-corrected chi connectivity index (χ0v) is 12.4. The third-order valence-electron chi connectivity index (χ3n) is 4.37. The summed E-state index contributed by atoms with van der Waals surface area (Å²) in [5, 5.41) is 12.2. The van der Waals surface area contributed by atoms with E-state index >= 15 is 0 Å². The fraction of sp³-hybridized carbons (Fsp3) is 0.857. The van der Waals surface area contributed by atoms with Crippen LogP contribution in [0.2, 0.25) is 0 Å². The molecule has 0 aromatic carbocycles. The molecule has 5 nitrogen and oxygen atoms in total. The maximum atomic E-state index is 12.1. The van der Waals surface area contributed by atoms with Gasteiger partial charge in [0.2, 0.25) is 0 Å². The number of nitrogens with one attached hydrogen (secondary N) is 1. The molecule has 0 aromatic heterocycles. The van der Waals surface area contributed by atoms with Crippen LogP contribution in [0.25, 0.3) is 0 Å². The van der Waals surface area contributed by atoms with Crippen molar-refractivity contribution in [2.24, 2.45) is 11.3 Å². The molecule has 110 valence electrons. The molecule has 1 aliphatic carbocycles. The first-order valence-electron chi connectivity index (χ1n) is 7.06. The van der Waals surface area contributed by atoms with Crippen molar-refractivity contribution in [3.05, 3.63) is 0 Å². The van der Waals surface area contributed by atoms with E-state index in [1.165, 1.54) is 0 Å². The lowest BCUT2D eigenvalue weighted by atomic mass is 9.85. The molecule has 3 unspecified atom stereocenters. The van der Waals surface area contributed by atoms with Gasteiger partial charge in [-0.25, -0.2) is 4.79 Å². The molecule has 2 N–H and O–H groups in total. The van der Waals surface area contributed by atoms with Gasteiger partial charge in [-0.05, 0) is 25.7 Å². The third-order valence-corrected chi connectivity index (χ3v) is 4.37. The summed E-state index contributed by atoms with van der Waals surface area (Å²) in [5.41, 5.74) is -0.827. The van der Waals surface area contributed by atoms with Gasteiger partial charge in [0, 0.05) is 19.6 Å². The molecule has 0 aliphatic heterocycles. The van der Waals surface area contributed by atoms with Crippen LogP contribution in [0.5, 0.6) is 0 Å². The molecule has 0 saturated heterocycles. The van der Waals surface area contributed by atoms with Crippen LogP contribution >= 0.6 is 0 Å². The van der Waals surface area contributed by atoms with Crippen LogP contribution < -0.4 is 5.32 Å². The number of carboxylic acid groups (broad SMARTS) is 1. The second-order valence-corrected chi connectivity index (χ2v) is 6.01. The Labute approximate surface area is 115 Å². The quantitative estimate of drug-likeness (QED) is 0.805. The van der Waals surface area contributed by atoms with E-state index in [0.29, 0.717) is 18.9 Å². The van der Waals surface area contributed by atoms with Crippen LogP contribution in [0.3, 0.4) is 0 Å². The summed E-state index contributed by atoms with van der Waals surface area (Å²) < 4.78 is 0. The van der Waals surface area contributed by atoms with Crippen molar-refractivity contribution < 1.29 is 14.7 Å². The zero-order chi connectivity index (χ0) is 14.6. The van der Waals surface area contributed by atoms with E-state index in [9.17, 15) is 14.7 Å². The minimum Gasteiger partial charge on any atom is -0.481 e. The highest BCUT2D eigenvalue weighted by molar-refractivity contribution is 5.79. The van der Waals surface area contributed by atoms with Crippen LogP contribution in [0.15, 0.2) is 0 Å². The van der Waals surface area contributed by atoms with Crippen molar-refractivity contribution >= 4 is 12.0 Å². The largest absolute Gasteiger partial charge is 0.481 e. The topological polar surface area (TPSA) is 69.6 Å². The monoisotopic (exact) mass is 270 g/mol. The standard InChI is InChI=1S/C14H26N2O3/c1-5-10(2)9-16(4)13(19)15-11-7-6-8-14(11,3)12(17)18/h10-11H,5-9H2,1-4H3,(H,15,19)(H,17,18). The van der Waals surface area contributed by atoms with Gasteiger partial charge >= 0.3 is 12.0 Å². The molecular weight excluding hydrogens is 244 g/mol. The van der Waals surface area contributed by atoms with Gasteiger partial charge in [-0.1, -0.05) is 26.7 Å². The highest BCUT2D eigenvalue weighted by atomic mass is 16.4. The Kier molecular flexibility index (Phi) is 5.20. The first-order valence-corrected chi connectivity index (χ1v) is 7.06. The van der Waals surface area contributed by atoms with E-state index in [2.05, 4.69) is 19.2 Å². The lowest BCUT2D eigenvalue weighted by Crippen LogP contribution is -2.51. The van der Waals surface area contributed by atoms with Gasteiger partial charge in [0.25, 0.3) is 0 Å². The number of carbonyl (C=O) groups excluding carboxylic acids is 1. The molecule has 2 amide bonds. The molecule has 0 heterocycles. The number of nitrogens with zero attached hydrogens (tertiary/aromatic N) is 1. The highest BCUT2D eigenvalue weighted by Gasteiger charge is 2.46. The number of hydrogen-bond donors (Lipinski definition) is 2. The molecule has 3 atom stereocenters. The SMILES string of the molecule is CCC(C)CN(C)C(=O)NC1CCCC1(C)C(=O)O. The fourth-order valence-corrected chi connectivity index (χ4v) is 2.59. The first kappa shape index (κ1) is 15.8. The van der Waals surface area contributed by atoms with E-state index in [1.807, 2.05) is 0 Å². The van der Waals surface area contributed by atoms with Gasteiger partial charge in [0.15, 0.2) is 0 Å². The van der Waals surface area contributed by atoms with Gasteiger partial charge in [0.1, 0.15) is 0 Å². The van der Waals surface area contributed by atoms with E-state index in [-0.39, 0.29) is 12.1 Å². The third kappa shape index (κ3) is 3.61. The van der Waals surface area contributed by atoms with Gasteiger partial charge < -0.3 is 15.3 Å². The molecule has 1 rings (SSSR count). The minimum absolute atomic E-state index is 0.167. The van der Waals surface area contributed by atoms with Crippen molar-refractivity contribution in [3.63, 3.8) is 0 Å². The van der Waals surface area contributed by atoms with Crippen LogP contribution in [0.1, 0.15) is 46.5 Å². The van der Waals surface area contributed by atoms with Crippen molar-refractivity contribution in [2.45, 2.75) is 52.5 Å². The van der Waals surface area contributed by atoms with Crippen LogP contribution in [-0.2, 0) is 4.79 Å². The van der Waals surface area contributed by atoms with E-state index in [4.69, 9.17) is 0 Å². The summed E-state index contributed by atoms with van der Waals surface area (Å²) >= 11 is 0. The van der Waals surface area contributed by atoms with Gasteiger partial charge in [-0.2, -0.15) is 0 Å². The molecule has 1 aliphatic rings. The molecule has 0 aromatic rings. The summed E-state index contributed by atoms with van der Waals surface area (Å²) in [6.07, 6.45) is 3.24. The maximum absolute atomic E-state index is 12.1. The van der Waals surface area contributed by atoms with Crippen molar-refractivity contribution in [1.29, 1.82) is 0 Å². The van der Waals surface area contributed by atoms with Gasteiger partial charge in [0.05, 0.1) is 5.41 Å². The van der Waals surface area contributed by atoms with Crippen LogP contribution in [0, 0.1) is 11.3 Å². The lowest BCUT2D eigenvalue weighted by molar-refractivity contribution is -0.148. The first-order chi connectivity index (χ1) is 8.81. The second kappa shape index (κ2) is 6.26. The van der Waals surface area contributed by atoms with Crippen molar-refractivity contribution in [2.75, 3.05) is 13.6 Å². The zero-order valence-electron chi connectivity index (χ0n) is 12.4. The molecular formula is C14H26N2O3. The Morgan fingerprint density at radius 2 is 2.16 bits per heavy atom. The normalized spacial score (nSPS) is 27.9. The smallest absolute Gasteiger partial charge is 0.317 e. The molecule has 0 bridgehead atoms. The van der Waals surface area contributed by atoms with Crippen molar-refractivity contribution in [1.82, 2.24) is 10.2 Å². The number of urea groups is 1. The number of carboxylic acids is 1. The molecule has 1 fully saturated rings. The summed E-state index contributed by atoms with van der Waals surface area (Å²) in [7, 11) is 1.76. The number of carbonyl (C=O) groups is 2.